The first-order valence-corrected chi connectivity index (χ1v) is 5.92. The minimum atomic E-state index is 0.685. The topological polar surface area (TPSA) is 50.7 Å². The summed E-state index contributed by atoms with van der Waals surface area (Å²) in [6.07, 6.45) is 5.77. The summed E-state index contributed by atoms with van der Waals surface area (Å²) in [5.41, 5.74) is 4.46. The summed E-state index contributed by atoms with van der Waals surface area (Å²) in [5, 5.41) is 3.14. The number of hydrogen-bond donors (Lipinski definition) is 1. The summed E-state index contributed by atoms with van der Waals surface area (Å²) in [7, 11) is 0. The van der Waals surface area contributed by atoms with Crippen LogP contribution in [-0.2, 0) is 12.8 Å². The van der Waals surface area contributed by atoms with Crippen LogP contribution in [0.15, 0.2) is 24.5 Å². The van der Waals surface area contributed by atoms with Crippen LogP contribution in [0, 0.1) is 0 Å². The maximum absolute atomic E-state index is 4.56. The van der Waals surface area contributed by atoms with Crippen molar-refractivity contribution < 1.29 is 0 Å². The lowest BCUT2D eigenvalue weighted by atomic mass is 9.94. The highest BCUT2D eigenvalue weighted by molar-refractivity contribution is 5.66. The minimum Gasteiger partial charge on any atom is -0.354 e. The molecule has 1 aliphatic carbocycles. The summed E-state index contributed by atoms with van der Waals surface area (Å²) < 4.78 is 0. The quantitative estimate of drug-likeness (QED) is 0.851. The van der Waals surface area contributed by atoms with E-state index in [0.717, 1.165) is 30.8 Å². The van der Waals surface area contributed by atoms with E-state index in [2.05, 4.69) is 26.3 Å². The highest BCUT2D eigenvalue weighted by atomic mass is 15.1. The largest absolute Gasteiger partial charge is 0.354 e. The maximum Gasteiger partial charge on any atom is 0.223 e. The molecule has 86 valence electrons. The second-order valence-corrected chi connectivity index (χ2v) is 4.11. The molecular formula is C13H14N4. The molecule has 0 saturated carbocycles. The Kier molecular flexibility index (Phi) is 2.48. The van der Waals surface area contributed by atoms with Gasteiger partial charge in [-0.3, -0.25) is 4.98 Å². The Labute approximate surface area is 100 Å². The average molecular weight is 226 g/mol. The molecule has 2 aromatic rings. The lowest BCUT2D eigenvalue weighted by Crippen LogP contribution is -2.10. The molecule has 0 bridgehead atoms. The summed E-state index contributed by atoms with van der Waals surface area (Å²) in [5.74, 6) is 0.685. The number of fused-ring (bicyclic) bond motifs is 3. The Hall–Kier alpha value is -1.97. The van der Waals surface area contributed by atoms with Gasteiger partial charge in [0.25, 0.3) is 0 Å². The fraction of sp³-hybridized carbons (Fsp3) is 0.308. The van der Waals surface area contributed by atoms with Crippen molar-refractivity contribution in [2.45, 2.75) is 19.8 Å². The Morgan fingerprint density at radius 1 is 1.18 bits per heavy atom. The van der Waals surface area contributed by atoms with Gasteiger partial charge in [-0.2, -0.15) is 0 Å². The molecule has 2 heterocycles. The molecule has 0 saturated heterocycles. The van der Waals surface area contributed by atoms with E-state index >= 15 is 0 Å². The van der Waals surface area contributed by atoms with Crippen molar-refractivity contribution in [2.24, 2.45) is 0 Å². The first-order chi connectivity index (χ1) is 8.38. The fourth-order valence-corrected chi connectivity index (χ4v) is 2.16. The van der Waals surface area contributed by atoms with E-state index in [1.54, 1.807) is 0 Å². The number of hydrogen-bond acceptors (Lipinski definition) is 4. The predicted octanol–water partition coefficient (Wildman–Crippen LogP) is 2.07. The second-order valence-electron chi connectivity index (χ2n) is 4.11. The Morgan fingerprint density at radius 2 is 2.06 bits per heavy atom. The van der Waals surface area contributed by atoms with Crippen molar-refractivity contribution in [3.63, 3.8) is 0 Å². The molecule has 0 amide bonds. The molecule has 2 aromatic heterocycles. The van der Waals surface area contributed by atoms with Gasteiger partial charge in [-0.1, -0.05) is 6.07 Å². The molecule has 3 rings (SSSR count). The summed E-state index contributed by atoms with van der Waals surface area (Å²) in [6.45, 7) is 2.86. The first-order valence-electron chi connectivity index (χ1n) is 5.92. The van der Waals surface area contributed by atoms with E-state index in [-0.39, 0.29) is 0 Å². The lowest BCUT2D eigenvalue weighted by Gasteiger charge is -2.17. The molecule has 0 fully saturated rings. The van der Waals surface area contributed by atoms with E-state index in [1.165, 1.54) is 11.1 Å². The number of aryl methyl sites for hydroxylation is 2. The van der Waals surface area contributed by atoms with Crippen LogP contribution in [0.5, 0.6) is 0 Å². The smallest absolute Gasteiger partial charge is 0.223 e. The first kappa shape index (κ1) is 10.2. The van der Waals surface area contributed by atoms with Crippen molar-refractivity contribution in [3.05, 3.63) is 35.7 Å². The highest BCUT2D eigenvalue weighted by Crippen LogP contribution is 2.29. The zero-order valence-electron chi connectivity index (χ0n) is 9.77. The van der Waals surface area contributed by atoms with Crippen LogP contribution in [0.25, 0.3) is 11.4 Å². The zero-order chi connectivity index (χ0) is 11.7. The van der Waals surface area contributed by atoms with Gasteiger partial charge in [-0.25, -0.2) is 9.97 Å². The van der Waals surface area contributed by atoms with Gasteiger partial charge in [0.2, 0.25) is 5.95 Å². The van der Waals surface area contributed by atoms with Crippen molar-refractivity contribution in [1.29, 1.82) is 0 Å². The maximum atomic E-state index is 4.56. The van der Waals surface area contributed by atoms with Gasteiger partial charge in [0, 0.05) is 18.9 Å². The zero-order valence-corrected chi connectivity index (χ0v) is 9.77. The number of anilines is 1. The van der Waals surface area contributed by atoms with Gasteiger partial charge in [-0.15, -0.1) is 0 Å². The van der Waals surface area contributed by atoms with Gasteiger partial charge in [-0.05, 0) is 37.0 Å². The van der Waals surface area contributed by atoms with Gasteiger partial charge >= 0.3 is 0 Å². The molecule has 4 heteroatoms. The molecule has 0 atom stereocenters. The number of rotatable bonds is 2. The van der Waals surface area contributed by atoms with E-state index in [1.807, 2.05) is 25.4 Å². The number of nitrogens with one attached hydrogen (secondary N) is 1. The minimum absolute atomic E-state index is 0.685. The molecule has 1 N–H and O–H groups in total. The van der Waals surface area contributed by atoms with Crippen LogP contribution < -0.4 is 5.32 Å². The molecule has 17 heavy (non-hydrogen) atoms. The van der Waals surface area contributed by atoms with Gasteiger partial charge in [0.15, 0.2) is 0 Å². The Balaban J connectivity index is 2.12. The summed E-state index contributed by atoms with van der Waals surface area (Å²) in [6, 6.07) is 4.11. The summed E-state index contributed by atoms with van der Waals surface area (Å²) >= 11 is 0. The third-order valence-electron chi connectivity index (χ3n) is 2.98. The van der Waals surface area contributed by atoms with Gasteiger partial charge in [0.1, 0.15) is 0 Å². The Bertz CT molecular complexity index is 551. The second kappa shape index (κ2) is 4.13. The molecule has 0 aliphatic heterocycles. The summed E-state index contributed by atoms with van der Waals surface area (Å²) in [4.78, 5) is 13.3. The van der Waals surface area contributed by atoms with E-state index < -0.39 is 0 Å². The molecule has 0 unspecified atom stereocenters. The third kappa shape index (κ3) is 1.75. The van der Waals surface area contributed by atoms with Crippen molar-refractivity contribution in [2.75, 3.05) is 11.9 Å². The average Bonchev–Trinajstić information content (AvgIpc) is 2.39. The fourth-order valence-electron chi connectivity index (χ4n) is 2.16. The molecule has 0 radical (unpaired) electrons. The normalized spacial score (nSPS) is 12.8. The number of pyridine rings is 1. The van der Waals surface area contributed by atoms with Crippen LogP contribution in [0.3, 0.4) is 0 Å². The van der Waals surface area contributed by atoms with E-state index in [0.29, 0.717) is 5.95 Å². The molecule has 1 aliphatic rings. The molecule has 0 spiro atoms. The lowest BCUT2D eigenvalue weighted by molar-refractivity contribution is 0.895. The SMILES string of the molecule is CCNc1ncc2c(n1)-c1ncccc1CC2. The van der Waals surface area contributed by atoms with Gasteiger partial charge < -0.3 is 5.32 Å². The van der Waals surface area contributed by atoms with Gasteiger partial charge in [0.05, 0.1) is 11.4 Å². The highest BCUT2D eigenvalue weighted by Gasteiger charge is 2.19. The molecular weight excluding hydrogens is 212 g/mol. The third-order valence-corrected chi connectivity index (χ3v) is 2.98. The monoisotopic (exact) mass is 226 g/mol. The van der Waals surface area contributed by atoms with E-state index in [9.17, 15) is 0 Å². The number of aromatic nitrogens is 3. The van der Waals surface area contributed by atoms with Crippen LogP contribution >= 0.6 is 0 Å². The molecule has 0 aromatic carbocycles. The standard InChI is InChI=1S/C13H14N4/c1-2-14-13-16-8-10-6-5-9-4-3-7-15-11(9)12(10)17-13/h3-4,7-8H,2,5-6H2,1H3,(H,14,16,17). The van der Waals surface area contributed by atoms with Crippen LogP contribution in [-0.4, -0.2) is 21.5 Å². The van der Waals surface area contributed by atoms with Crippen molar-refractivity contribution in [3.8, 4) is 11.4 Å². The predicted molar refractivity (Wildman–Crippen MR) is 66.8 cm³/mol. The van der Waals surface area contributed by atoms with E-state index in [4.69, 9.17) is 0 Å². The Morgan fingerprint density at radius 3 is 2.94 bits per heavy atom. The number of nitrogens with zero attached hydrogens (tertiary/aromatic N) is 3. The van der Waals surface area contributed by atoms with Crippen LogP contribution in [0.2, 0.25) is 0 Å². The van der Waals surface area contributed by atoms with Crippen LogP contribution in [0.1, 0.15) is 18.1 Å². The van der Waals surface area contributed by atoms with Crippen molar-refractivity contribution >= 4 is 5.95 Å². The van der Waals surface area contributed by atoms with Crippen LogP contribution in [0.4, 0.5) is 5.95 Å². The van der Waals surface area contributed by atoms with Crippen molar-refractivity contribution in [1.82, 2.24) is 15.0 Å². The molecule has 4 nitrogen and oxygen atoms in total.